The lowest BCUT2D eigenvalue weighted by Gasteiger charge is -2.07. The van der Waals surface area contributed by atoms with Crippen molar-refractivity contribution in [1.29, 1.82) is 0 Å². The van der Waals surface area contributed by atoms with Gasteiger partial charge in [0.2, 0.25) is 0 Å². The zero-order valence-corrected chi connectivity index (χ0v) is 11.8. The number of carboxylic acids is 1. The number of aromatic carboxylic acids is 1. The summed E-state index contributed by atoms with van der Waals surface area (Å²) in [6.45, 7) is 0.146. The van der Waals surface area contributed by atoms with Crippen LogP contribution in [0.15, 0.2) is 53.4 Å². The van der Waals surface area contributed by atoms with Gasteiger partial charge in [0.25, 0.3) is 0 Å². The molecule has 0 bridgehead atoms. The minimum absolute atomic E-state index is 0.0783. The third-order valence-corrected chi connectivity index (χ3v) is 4.04. The van der Waals surface area contributed by atoms with E-state index >= 15 is 0 Å². The maximum absolute atomic E-state index is 13.6. The van der Waals surface area contributed by atoms with Gasteiger partial charge in [-0.25, -0.2) is 9.18 Å². The van der Waals surface area contributed by atoms with Gasteiger partial charge in [-0.3, -0.25) is 4.21 Å². The Labute approximate surface area is 123 Å². The summed E-state index contributed by atoms with van der Waals surface area (Å²) in [7, 11) is -1.66. The topological polar surface area (TPSA) is 63.6 Å². The number of carbonyl (C=O) groups is 1. The van der Waals surface area contributed by atoms with Crippen LogP contribution in [0, 0.1) is 5.82 Å². The molecule has 0 fully saturated rings. The minimum Gasteiger partial charge on any atom is -0.493 e. The van der Waals surface area contributed by atoms with E-state index in [2.05, 4.69) is 0 Å². The molecule has 0 radical (unpaired) electrons. The molecule has 0 aromatic heterocycles. The number of ether oxygens (including phenoxy) is 1. The molecule has 0 amide bonds. The van der Waals surface area contributed by atoms with Gasteiger partial charge in [0.15, 0.2) is 0 Å². The normalized spacial score (nSPS) is 11.9. The van der Waals surface area contributed by atoms with E-state index in [1.165, 1.54) is 0 Å². The average molecular weight is 308 g/mol. The average Bonchev–Trinajstić information content (AvgIpc) is 2.48. The molecule has 1 atom stereocenters. The van der Waals surface area contributed by atoms with Gasteiger partial charge in [0.1, 0.15) is 18.2 Å². The summed E-state index contributed by atoms with van der Waals surface area (Å²) in [6, 6.07) is 12.2. The zero-order valence-electron chi connectivity index (χ0n) is 11.0. The fourth-order valence-corrected chi connectivity index (χ4v) is 2.67. The van der Waals surface area contributed by atoms with E-state index in [1.54, 1.807) is 12.1 Å². The number of halogens is 1. The molecule has 0 aliphatic heterocycles. The SMILES string of the molecule is O=C(O)c1ccc(F)c(S(=O)CCOc2ccccc2)c1. The molecule has 0 saturated heterocycles. The largest absolute Gasteiger partial charge is 0.493 e. The summed E-state index contributed by atoms with van der Waals surface area (Å²) in [5.74, 6) is -1.16. The van der Waals surface area contributed by atoms with Gasteiger partial charge in [-0.1, -0.05) is 18.2 Å². The van der Waals surface area contributed by atoms with Crippen LogP contribution in [0.1, 0.15) is 10.4 Å². The van der Waals surface area contributed by atoms with Crippen molar-refractivity contribution in [1.82, 2.24) is 0 Å². The number of benzene rings is 2. The first-order chi connectivity index (χ1) is 10.1. The predicted molar refractivity (Wildman–Crippen MR) is 76.6 cm³/mol. The van der Waals surface area contributed by atoms with Crippen LogP contribution in [0.25, 0.3) is 0 Å². The quantitative estimate of drug-likeness (QED) is 0.891. The second-order valence-electron chi connectivity index (χ2n) is 4.16. The standard InChI is InChI=1S/C15H13FO4S/c16-13-7-6-11(15(17)18)10-14(13)21(19)9-8-20-12-4-2-1-3-5-12/h1-7,10H,8-9H2,(H,17,18). The van der Waals surface area contributed by atoms with Crippen molar-refractivity contribution in [2.45, 2.75) is 4.90 Å². The van der Waals surface area contributed by atoms with Crippen LogP contribution in [0.3, 0.4) is 0 Å². The van der Waals surface area contributed by atoms with E-state index in [-0.39, 0.29) is 22.8 Å². The lowest BCUT2D eigenvalue weighted by Crippen LogP contribution is -2.10. The Morgan fingerprint density at radius 2 is 1.90 bits per heavy atom. The van der Waals surface area contributed by atoms with Gasteiger partial charge < -0.3 is 9.84 Å². The van der Waals surface area contributed by atoms with Crippen molar-refractivity contribution >= 4 is 16.8 Å². The summed E-state index contributed by atoms with van der Waals surface area (Å²) < 4.78 is 31.0. The van der Waals surface area contributed by atoms with Crippen molar-refractivity contribution in [3.63, 3.8) is 0 Å². The van der Waals surface area contributed by atoms with Crippen LogP contribution in [-0.4, -0.2) is 27.6 Å². The zero-order chi connectivity index (χ0) is 15.2. The Bertz CT molecular complexity index is 658. The summed E-state index contributed by atoms with van der Waals surface area (Å²) in [5, 5.41) is 8.86. The Kier molecular flexibility index (Phi) is 5.05. The van der Waals surface area contributed by atoms with E-state index < -0.39 is 22.6 Å². The monoisotopic (exact) mass is 308 g/mol. The molecular formula is C15H13FO4S. The summed E-state index contributed by atoms with van der Waals surface area (Å²) in [5.41, 5.74) is -0.0938. The fourth-order valence-electron chi connectivity index (χ4n) is 1.67. The minimum atomic E-state index is -1.66. The van der Waals surface area contributed by atoms with Gasteiger partial charge in [0.05, 0.1) is 27.0 Å². The molecule has 110 valence electrons. The molecular weight excluding hydrogens is 295 g/mol. The van der Waals surface area contributed by atoms with E-state index in [0.29, 0.717) is 5.75 Å². The Morgan fingerprint density at radius 3 is 2.57 bits per heavy atom. The first-order valence-electron chi connectivity index (χ1n) is 6.17. The molecule has 0 aliphatic carbocycles. The number of carboxylic acid groups (broad SMARTS) is 1. The lowest BCUT2D eigenvalue weighted by molar-refractivity contribution is 0.0696. The highest BCUT2D eigenvalue weighted by atomic mass is 32.2. The Morgan fingerprint density at radius 1 is 1.19 bits per heavy atom. The van der Waals surface area contributed by atoms with E-state index in [4.69, 9.17) is 9.84 Å². The van der Waals surface area contributed by atoms with Crippen LogP contribution in [-0.2, 0) is 10.8 Å². The van der Waals surface area contributed by atoms with Crippen LogP contribution in [0.2, 0.25) is 0 Å². The molecule has 2 aromatic rings. The molecule has 6 heteroatoms. The van der Waals surface area contributed by atoms with Gasteiger partial charge in [0, 0.05) is 0 Å². The molecule has 0 heterocycles. The summed E-state index contributed by atoms with van der Waals surface area (Å²) in [4.78, 5) is 10.7. The van der Waals surface area contributed by atoms with Gasteiger partial charge in [-0.2, -0.15) is 0 Å². The highest BCUT2D eigenvalue weighted by molar-refractivity contribution is 7.85. The predicted octanol–water partition coefficient (Wildman–Crippen LogP) is 2.71. The number of hydrogen-bond acceptors (Lipinski definition) is 3. The van der Waals surface area contributed by atoms with Crippen LogP contribution in [0.5, 0.6) is 5.75 Å². The van der Waals surface area contributed by atoms with Crippen molar-refractivity contribution in [2.75, 3.05) is 12.4 Å². The third-order valence-electron chi connectivity index (χ3n) is 2.70. The molecule has 4 nitrogen and oxygen atoms in total. The second kappa shape index (κ2) is 6.99. The van der Waals surface area contributed by atoms with E-state index in [1.807, 2.05) is 18.2 Å². The van der Waals surface area contributed by atoms with Crippen LogP contribution < -0.4 is 4.74 Å². The molecule has 2 rings (SSSR count). The maximum atomic E-state index is 13.6. The molecule has 0 spiro atoms. The Balaban J connectivity index is 2.00. The smallest absolute Gasteiger partial charge is 0.335 e. The van der Waals surface area contributed by atoms with E-state index in [9.17, 15) is 13.4 Å². The van der Waals surface area contributed by atoms with Gasteiger partial charge in [-0.05, 0) is 30.3 Å². The lowest BCUT2D eigenvalue weighted by atomic mass is 10.2. The summed E-state index contributed by atoms with van der Waals surface area (Å²) in [6.07, 6.45) is 0. The highest BCUT2D eigenvalue weighted by Gasteiger charge is 2.14. The molecule has 0 aliphatic rings. The van der Waals surface area contributed by atoms with E-state index in [0.717, 1.165) is 18.2 Å². The molecule has 1 unspecified atom stereocenters. The van der Waals surface area contributed by atoms with Crippen LogP contribution >= 0.6 is 0 Å². The molecule has 2 aromatic carbocycles. The number of hydrogen-bond donors (Lipinski definition) is 1. The Hall–Kier alpha value is -2.21. The number of rotatable bonds is 6. The van der Waals surface area contributed by atoms with Gasteiger partial charge in [-0.15, -0.1) is 0 Å². The fraction of sp³-hybridized carbons (Fsp3) is 0.133. The number of para-hydroxylation sites is 1. The van der Waals surface area contributed by atoms with Gasteiger partial charge >= 0.3 is 5.97 Å². The van der Waals surface area contributed by atoms with Crippen molar-refractivity contribution in [2.24, 2.45) is 0 Å². The molecule has 21 heavy (non-hydrogen) atoms. The van der Waals surface area contributed by atoms with Crippen LogP contribution in [0.4, 0.5) is 4.39 Å². The second-order valence-corrected chi connectivity index (χ2v) is 5.70. The first kappa shape index (κ1) is 15.2. The van der Waals surface area contributed by atoms with Crippen molar-refractivity contribution in [3.8, 4) is 5.75 Å². The summed E-state index contributed by atoms with van der Waals surface area (Å²) >= 11 is 0. The molecule has 0 saturated carbocycles. The third kappa shape index (κ3) is 4.13. The first-order valence-corrected chi connectivity index (χ1v) is 7.49. The van der Waals surface area contributed by atoms with Crippen molar-refractivity contribution < 1.29 is 23.2 Å². The van der Waals surface area contributed by atoms with Crippen molar-refractivity contribution in [3.05, 3.63) is 59.9 Å². The molecule has 1 N–H and O–H groups in total. The highest BCUT2D eigenvalue weighted by Crippen LogP contribution is 2.16. The maximum Gasteiger partial charge on any atom is 0.335 e.